The Balaban J connectivity index is 2.85. The second-order valence-corrected chi connectivity index (χ2v) is 4.31. The molecule has 1 aromatic rings. The molecule has 5 heteroatoms. The van der Waals surface area contributed by atoms with Gasteiger partial charge in [0.15, 0.2) is 0 Å². The Kier molecular flexibility index (Phi) is 4.85. The topological polar surface area (TPSA) is 98.2 Å². The zero-order valence-corrected chi connectivity index (χ0v) is 10.6. The first-order valence-electron chi connectivity index (χ1n) is 5.92. The standard InChI is InChI=1S/C13H19N3O2/c1-3-8(2)11(14)13(18)16-10-7-5-4-6-9(10)12(15)17/h4-8,11H,3,14H2,1-2H3,(H2,15,17)(H,16,18). The number of para-hydroxylation sites is 1. The maximum atomic E-state index is 11.9. The Hall–Kier alpha value is -1.88. The third-order valence-corrected chi connectivity index (χ3v) is 3.01. The Labute approximate surface area is 107 Å². The van der Waals surface area contributed by atoms with Crippen LogP contribution in [0.4, 0.5) is 5.69 Å². The summed E-state index contributed by atoms with van der Waals surface area (Å²) in [6, 6.07) is 5.99. The summed E-state index contributed by atoms with van der Waals surface area (Å²) < 4.78 is 0. The van der Waals surface area contributed by atoms with Gasteiger partial charge in [-0.2, -0.15) is 0 Å². The number of amides is 2. The van der Waals surface area contributed by atoms with Crippen molar-refractivity contribution in [2.75, 3.05) is 5.32 Å². The molecule has 0 bridgehead atoms. The maximum Gasteiger partial charge on any atom is 0.250 e. The second-order valence-electron chi connectivity index (χ2n) is 4.31. The van der Waals surface area contributed by atoms with Crippen LogP contribution in [-0.2, 0) is 4.79 Å². The first-order valence-corrected chi connectivity index (χ1v) is 5.92. The molecule has 5 N–H and O–H groups in total. The van der Waals surface area contributed by atoms with E-state index < -0.39 is 11.9 Å². The van der Waals surface area contributed by atoms with E-state index in [4.69, 9.17) is 11.5 Å². The van der Waals surface area contributed by atoms with Crippen LogP contribution in [0.15, 0.2) is 24.3 Å². The number of nitrogens with two attached hydrogens (primary N) is 2. The number of carbonyl (C=O) groups excluding carboxylic acids is 2. The molecule has 0 spiro atoms. The summed E-state index contributed by atoms with van der Waals surface area (Å²) in [7, 11) is 0. The Morgan fingerprint density at radius 1 is 1.33 bits per heavy atom. The monoisotopic (exact) mass is 249 g/mol. The number of hydrogen-bond acceptors (Lipinski definition) is 3. The first kappa shape index (κ1) is 14.2. The van der Waals surface area contributed by atoms with Gasteiger partial charge >= 0.3 is 0 Å². The SMILES string of the molecule is CCC(C)C(N)C(=O)Nc1ccccc1C(N)=O. The van der Waals surface area contributed by atoms with Crippen LogP contribution in [0.2, 0.25) is 0 Å². The van der Waals surface area contributed by atoms with Crippen LogP contribution >= 0.6 is 0 Å². The normalized spacial score (nSPS) is 13.7. The van der Waals surface area contributed by atoms with Crippen molar-refractivity contribution < 1.29 is 9.59 Å². The Morgan fingerprint density at radius 3 is 2.50 bits per heavy atom. The van der Waals surface area contributed by atoms with Crippen LogP contribution < -0.4 is 16.8 Å². The van der Waals surface area contributed by atoms with Crippen molar-refractivity contribution in [1.29, 1.82) is 0 Å². The highest BCUT2D eigenvalue weighted by atomic mass is 16.2. The molecule has 5 nitrogen and oxygen atoms in total. The van der Waals surface area contributed by atoms with Crippen LogP contribution in [0, 0.1) is 5.92 Å². The molecular weight excluding hydrogens is 230 g/mol. The van der Waals surface area contributed by atoms with Crippen molar-refractivity contribution in [2.45, 2.75) is 26.3 Å². The fraction of sp³-hybridized carbons (Fsp3) is 0.385. The predicted octanol–water partition coefficient (Wildman–Crippen LogP) is 1.10. The van der Waals surface area contributed by atoms with Gasteiger partial charge < -0.3 is 16.8 Å². The van der Waals surface area contributed by atoms with E-state index in [0.717, 1.165) is 6.42 Å². The highest BCUT2D eigenvalue weighted by Gasteiger charge is 2.20. The fourth-order valence-corrected chi connectivity index (χ4v) is 1.54. The molecule has 0 radical (unpaired) electrons. The highest BCUT2D eigenvalue weighted by molar-refractivity contribution is 6.04. The molecule has 0 fully saturated rings. The number of hydrogen-bond donors (Lipinski definition) is 3. The maximum absolute atomic E-state index is 11.9. The van der Waals surface area contributed by atoms with Gasteiger partial charge in [-0.05, 0) is 18.1 Å². The number of carbonyl (C=O) groups is 2. The summed E-state index contributed by atoms with van der Waals surface area (Å²) >= 11 is 0. The molecule has 0 saturated heterocycles. The van der Waals surface area contributed by atoms with E-state index in [-0.39, 0.29) is 17.4 Å². The minimum atomic E-state index is -0.601. The van der Waals surface area contributed by atoms with Gasteiger partial charge in [-0.1, -0.05) is 32.4 Å². The second kappa shape index (κ2) is 6.16. The molecule has 0 aliphatic heterocycles. The summed E-state index contributed by atoms with van der Waals surface area (Å²) in [5.74, 6) is -0.813. The Bertz CT molecular complexity index is 446. The van der Waals surface area contributed by atoms with Crippen molar-refractivity contribution in [3.8, 4) is 0 Å². The molecule has 2 atom stereocenters. The van der Waals surface area contributed by atoms with Gasteiger partial charge in [0.1, 0.15) is 0 Å². The van der Waals surface area contributed by atoms with E-state index >= 15 is 0 Å². The fourth-order valence-electron chi connectivity index (χ4n) is 1.54. The van der Waals surface area contributed by atoms with Crippen molar-refractivity contribution >= 4 is 17.5 Å². The molecule has 2 unspecified atom stereocenters. The molecule has 98 valence electrons. The summed E-state index contributed by atoms with van der Waals surface area (Å²) in [5, 5.41) is 2.64. The van der Waals surface area contributed by atoms with Crippen molar-refractivity contribution in [2.24, 2.45) is 17.4 Å². The third kappa shape index (κ3) is 3.30. The lowest BCUT2D eigenvalue weighted by Gasteiger charge is -2.18. The Morgan fingerprint density at radius 2 is 1.94 bits per heavy atom. The van der Waals surface area contributed by atoms with Gasteiger partial charge in [-0.15, -0.1) is 0 Å². The van der Waals surface area contributed by atoms with Crippen molar-refractivity contribution in [1.82, 2.24) is 0 Å². The lowest BCUT2D eigenvalue weighted by Crippen LogP contribution is -2.41. The molecule has 0 aliphatic carbocycles. The molecule has 0 aromatic heterocycles. The molecule has 0 aliphatic rings. The van der Waals surface area contributed by atoms with Gasteiger partial charge in [0.05, 0.1) is 17.3 Å². The highest BCUT2D eigenvalue weighted by Crippen LogP contribution is 2.15. The average Bonchev–Trinajstić information content (AvgIpc) is 2.37. The minimum Gasteiger partial charge on any atom is -0.366 e. The van der Waals surface area contributed by atoms with E-state index in [1.807, 2.05) is 13.8 Å². The molecule has 0 heterocycles. The van der Waals surface area contributed by atoms with Gasteiger partial charge in [-0.25, -0.2) is 0 Å². The number of benzene rings is 1. The van der Waals surface area contributed by atoms with Gasteiger partial charge in [0, 0.05) is 0 Å². The lowest BCUT2D eigenvalue weighted by molar-refractivity contribution is -0.118. The van der Waals surface area contributed by atoms with E-state index in [2.05, 4.69) is 5.32 Å². The first-order chi connectivity index (χ1) is 8.47. The summed E-state index contributed by atoms with van der Waals surface area (Å²) in [4.78, 5) is 23.1. The summed E-state index contributed by atoms with van der Waals surface area (Å²) in [5.41, 5.74) is 11.7. The van der Waals surface area contributed by atoms with E-state index in [9.17, 15) is 9.59 Å². The smallest absolute Gasteiger partial charge is 0.250 e. The van der Waals surface area contributed by atoms with Crippen molar-refractivity contribution in [3.63, 3.8) is 0 Å². The molecule has 0 saturated carbocycles. The third-order valence-electron chi connectivity index (χ3n) is 3.01. The predicted molar refractivity (Wildman–Crippen MR) is 71.0 cm³/mol. The van der Waals surface area contributed by atoms with Gasteiger partial charge in [0.25, 0.3) is 5.91 Å². The molecule has 18 heavy (non-hydrogen) atoms. The van der Waals surface area contributed by atoms with E-state index in [1.165, 1.54) is 0 Å². The minimum absolute atomic E-state index is 0.0748. The van der Waals surface area contributed by atoms with Crippen LogP contribution in [0.5, 0.6) is 0 Å². The van der Waals surface area contributed by atoms with E-state index in [1.54, 1.807) is 24.3 Å². The number of nitrogens with one attached hydrogen (secondary N) is 1. The number of rotatable bonds is 5. The summed E-state index contributed by atoms with van der Waals surface area (Å²) in [6.07, 6.45) is 0.812. The van der Waals surface area contributed by atoms with Crippen LogP contribution in [0.3, 0.4) is 0 Å². The van der Waals surface area contributed by atoms with Gasteiger partial charge in [-0.3, -0.25) is 9.59 Å². The molecule has 1 rings (SSSR count). The number of primary amides is 1. The number of anilines is 1. The quantitative estimate of drug-likeness (QED) is 0.728. The molecule has 2 amide bonds. The van der Waals surface area contributed by atoms with Crippen LogP contribution in [0.1, 0.15) is 30.6 Å². The largest absolute Gasteiger partial charge is 0.366 e. The van der Waals surface area contributed by atoms with Crippen LogP contribution in [-0.4, -0.2) is 17.9 Å². The molecular formula is C13H19N3O2. The summed E-state index contributed by atoms with van der Waals surface area (Å²) in [6.45, 7) is 3.87. The van der Waals surface area contributed by atoms with Crippen LogP contribution in [0.25, 0.3) is 0 Å². The van der Waals surface area contributed by atoms with Gasteiger partial charge in [0.2, 0.25) is 5.91 Å². The molecule has 1 aromatic carbocycles. The zero-order chi connectivity index (χ0) is 13.7. The lowest BCUT2D eigenvalue weighted by atomic mass is 9.99. The zero-order valence-electron chi connectivity index (χ0n) is 10.6. The van der Waals surface area contributed by atoms with E-state index in [0.29, 0.717) is 5.69 Å². The average molecular weight is 249 g/mol. The van der Waals surface area contributed by atoms with Crippen molar-refractivity contribution in [3.05, 3.63) is 29.8 Å².